The van der Waals surface area contributed by atoms with E-state index in [0.29, 0.717) is 6.61 Å². The summed E-state index contributed by atoms with van der Waals surface area (Å²) >= 11 is 0. The number of carbonyl (C=O) groups is 1. The molecule has 0 aromatic heterocycles. The molecule has 0 aliphatic carbocycles. The molecule has 0 fully saturated rings. The third-order valence-electron chi connectivity index (χ3n) is 1.38. The summed E-state index contributed by atoms with van der Waals surface area (Å²) in [5.74, 6) is -0.337. The Hall–Kier alpha value is -1.63. The van der Waals surface area contributed by atoms with E-state index in [2.05, 4.69) is 27.7 Å². The van der Waals surface area contributed by atoms with Crippen molar-refractivity contribution in [3.8, 4) is 0 Å². The normalized spacial score (nSPS) is 9.69. The van der Waals surface area contributed by atoms with Crippen LogP contribution in [0.4, 0.5) is 0 Å². The largest absolute Gasteiger partial charge is 0.462 e. The van der Waals surface area contributed by atoms with E-state index in [0.717, 1.165) is 17.4 Å². The van der Waals surface area contributed by atoms with Crippen LogP contribution in [0, 0.1) is 15.3 Å². The van der Waals surface area contributed by atoms with Crippen LogP contribution in [0.3, 0.4) is 0 Å². The van der Waals surface area contributed by atoms with Crippen LogP contribution in [0.25, 0.3) is 0 Å². The van der Waals surface area contributed by atoms with Gasteiger partial charge < -0.3 is 24.5 Å². The lowest BCUT2D eigenvalue weighted by atomic mass is 10.4. The molecule has 0 radical (unpaired) electrons. The average molecular weight is 234 g/mol. The van der Waals surface area contributed by atoms with Gasteiger partial charge in [0.1, 0.15) is 0 Å². The van der Waals surface area contributed by atoms with E-state index in [1.54, 1.807) is 0 Å². The molecule has 94 valence electrons. The Labute approximate surface area is 94.6 Å². The van der Waals surface area contributed by atoms with Crippen molar-refractivity contribution in [2.24, 2.45) is 0 Å². The van der Waals surface area contributed by atoms with Crippen LogP contribution in [0.15, 0.2) is 12.7 Å². The van der Waals surface area contributed by atoms with Crippen LogP contribution in [0.5, 0.6) is 0 Å². The quantitative estimate of drug-likeness (QED) is 0.173. The standard InChI is InChI=1S/C9H18NO2.NO3/c1-5-9(11)12-8-6-7-10(2,3)4;2-1(3)4/h5H,1,6-8H2,2-4H3;/q+1;-1. The van der Waals surface area contributed by atoms with Crippen molar-refractivity contribution < 1.29 is 19.1 Å². The molecule has 0 rings (SSSR count). The molecule has 0 heterocycles. The molecule has 0 spiro atoms. The predicted octanol–water partition coefficient (Wildman–Crippen LogP) is 0.573. The van der Waals surface area contributed by atoms with Gasteiger partial charge in [-0.3, -0.25) is 0 Å². The summed E-state index contributed by atoms with van der Waals surface area (Å²) in [5.41, 5.74) is 0. The van der Waals surface area contributed by atoms with Gasteiger partial charge in [0.15, 0.2) is 0 Å². The molecule has 0 atom stereocenters. The molecule has 16 heavy (non-hydrogen) atoms. The molecule has 0 saturated carbocycles. The van der Waals surface area contributed by atoms with Crippen molar-refractivity contribution in [2.45, 2.75) is 6.42 Å². The third-order valence-corrected chi connectivity index (χ3v) is 1.38. The first-order chi connectivity index (χ1) is 7.19. The number of esters is 1. The van der Waals surface area contributed by atoms with E-state index >= 15 is 0 Å². The van der Waals surface area contributed by atoms with Gasteiger partial charge in [0.25, 0.3) is 0 Å². The maximum atomic E-state index is 10.6. The van der Waals surface area contributed by atoms with E-state index < -0.39 is 5.09 Å². The monoisotopic (exact) mass is 234 g/mol. The number of nitrogens with zero attached hydrogens (tertiary/aromatic N) is 2. The van der Waals surface area contributed by atoms with Crippen LogP contribution in [0.1, 0.15) is 6.42 Å². The maximum Gasteiger partial charge on any atom is 0.330 e. The minimum absolute atomic E-state index is 0.337. The van der Waals surface area contributed by atoms with Crippen LogP contribution in [0.2, 0.25) is 0 Å². The van der Waals surface area contributed by atoms with E-state index in [9.17, 15) is 4.79 Å². The molecular formula is C9H18N2O5. The molecule has 0 unspecified atom stereocenters. The lowest BCUT2D eigenvalue weighted by Gasteiger charge is -2.23. The van der Waals surface area contributed by atoms with Gasteiger partial charge in [0.2, 0.25) is 0 Å². The van der Waals surface area contributed by atoms with Crippen LogP contribution in [-0.2, 0) is 9.53 Å². The van der Waals surface area contributed by atoms with Gasteiger partial charge in [0.05, 0.1) is 39.4 Å². The van der Waals surface area contributed by atoms with Crippen LogP contribution >= 0.6 is 0 Å². The van der Waals surface area contributed by atoms with Crippen LogP contribution < -0.4 is 0 Å². The predicted molar refractivity (Wildman–Crippen MR) is 59.0 cm³/mol. The Bertz CT molecular complexity index is 231. The fraction of sp³-hybridized carbons (Fsp3) is 0.667. The first kappa shape index (κ1) is 16.8. The van der Waals surface area contributed by atoms with Crippen molar-refractivity contribution in [2.75, 3.05) is 34.3 Å². The Morgan fingerprint density at radius 2 is 1.88 bits per heavy atom. The van der Waals surface area contributed by atoms with E-state index in [4.69, 9.17) is 20.1 Å². The second-order valence-corrected chi connectivity index (χ2v) is 3.96. The van der Waals surface area contributed by atoms with Gasteiger partial charge in [-0.15, -0.1) is 0 Å². The number of carbonyl (C=O) groups excluding carboxylic acids is 1. The lowest BCUT2D eigenvalue weighted by molar-refractivity contribution is -0.870. The Morgan fingerprint density at radius 3 is 2.19 bits per heavy atom. The highest BCUT2D eigenvalue weighted by molar-refractivity contribution is 5.81. The average Bonchev–Trinajstić information content (AvgIpc) is 2.09. The SMILES string of the molecule is C=CC(=O)OCCC[N+](C)(C)C.O=[N+]([O-])[O-]. The highest BCUT2D eigenvalue weighted by atomic mass is 16.9. The molecule has 0 aliphatic rings. The van der Waals surface area contributed by atoms with Gasteiger partial charge in [-0.2, -0.15) is 0 Å². The molecule has 7 heteroatoms. The number of hydrogen-bond donors (Lipinski definition) is 0. The zero-order valence-corrected chi connectivity index (χ0v) is 9.84. The maximum absolute atomic E-state index is 10.6. The summed E-state index contributed by atoms with van der Waals surface area (Å²) in [6, 6.07) is 0. The second-order valence-electron chi connectivity index (χ2n) is 3.96. The molecule has 7 nitrogen and oxygen atoms in total. The highest BCUT2D eigenvalue weighted by Gasteiger charge is 2.06. The molecule has 0 saturated heterocycles. The van der Waals surface area contributed by atoms with E-state index in [1.807, 2.05) is 0 Å². The van der Waals surface area contributed by atoms with Crippen molar-refractivity contribution in [1.29, 1.82) is 0 Å². The molecule has 0 bridgehead atoms. The first-order valence-electron chi connectivity index (χ1n) is 4.60. The summed E-state index contributed by atoms with van der Waals surface area (Å²) in [5, 5.41) is 14.8. The summed E-state index contributed by atoms with van der Waals surface area (Å²) in [6.45, 7) is 4.80. The number of hydrogen-bond acceptors (Lipinski definition) is 5. The highest BCUT2D eigenvalue weighted by Crippen LogP contribution is 1.94. The fourth-order valence-electron chi connectivity index (χ4n) is 0.771. The van der Waals surface area contributed by atoms with Gasteiger partial charge in [0, 0.05) is 12.5 Å². The van der Waals surface area contributed by atoms with Gasteiger partial charge in [-0.25, -0.2) is 4.79 Å². The summed E-state index contributed by atoms with van der Waals surface area (Å²) in [6.07, 6.45) is 2.08. The minimum Gasteiger partial charge on any atom is -0.462 e. The summed E-state index contributed by atoms with van der Waals surface area (Å²) in [4.78, 5) is 18.8. The number of ether oxygens (including phenoxy) is 1. The molecule has 0 amide bonds. The second kappa shape index (κ2) is 8.66. The Balaban J connectivity index is 0. The summed E-state index contributed by atoms with van der Waals surface area (Å²) < 4.78 is 5.71. The lowest BCUT2D eigenvalue weighted by Crippen LogP contribution is -2.35. The van der Waals surface area contributed by atoms with Crippen molar-refractivity contribution >= 4 is 5.97 Å². The Morgan fingerprint density at radius 1 is 1.44 bits per heavy atom. The zero-order chi connectivity index (χ0) is 13.2. The first-order valence-corrected chi connectivity index (χ1v) is 4.60. The van der Waals surface area contributed by atoms with Gasteiger partial charge >= 0.3 is 5.97 Å². The third kappa shape index (κ3) is 22.8. The van der Waals surface area contributed by atoms with E-state index in [1.165, 1.54) is 6.08 Å². The van der Waals surface area contributed by atoms with Gasteiger partial charge in [-0.1, -0.05) is 6.58 Å². The summed E-state index contributed by atoms with van der Waals surface area (Å²) in [7, 11) is 6.32. The Kier molecular flexibility index (Phi) is 9.09. The van der Waals surface area contributed by atoms with Crippen molar-refractivity contribution in [3.05, 3.63) is 28.0 Å². The number of rotatable bonds is 5. The van der Waals surface area contributed by atoms with Crippen molar-refractivity contribution in [3.63, 3.8) is 0 Å². The zero-order valence-electron chi connectivity index (χ0n) is 9.84. The van der Waals surface area contributed by atoms with Crippen LogP contribution in [-0.4, -0.2) is 49.8 Å². The molecule has 0 aromatic rings. The smallest absolute Gasteiger partial charge is 0.330 e. The van der Waals surface area contributed by atoms with Gasteiger partial charge in [-0.05, 0) is 0 Å². The topological polar surface area (TPSA) is 92.5 Å². The van der Waals surface area contributed by atoms with Crippen molar-refractivity contribution in [1.82, 2.24) is 0 Å². The fourth-order valence-corrected chi connectivity index (χ4v) is 0.771. The molecular weight excluding hydrogens is 216 g/mol. The molecule has 0 aromatic carbocycles. The van der Waals surface area contributed by atoms with E-state index in [-0.39, 0.29) is 5.97 Å². The number of quaternary nitrogens is 1. The molecule has 0 N–H and O–H groups in total. The minimum atomic E-state index is -1.75. The molecule has 0 aliphatic heterocycles.